The number of rotatable bonds is 6. The number of piperidine rings is 1. The third kappa shape index (κ3) is 4.45. The van der Waals surface area contributed by atoms with E-state index in [0.717, 1.165) is 57.6 Å². The molecule has 0 saturated carbocycles. The Kier molecular flexibility index (Phi) is 5.71. The van der Waals surface area contributed by atoms with Crippen molar-refractivity contribution >= 4 is 15.7 Å². The van der Waals surface area contributed by atoms with Gasteiger partial charge in [-0.3, -0.25) is 0 Å². The Morgan fingerprint density at radius 2 is 2.08 bits per heavy atom. The smallest absolute Gasteiger partial charge is 0.150 e. The molecule has 1 aromatic rings. The van der Waals surface area contributed by atoms with Crippen molar-refractivity contribution in [1.82, 2.24) is 15.3 Å². The van der Waals surface area contributed by atoms with Gasteiger partial charge in [0.15, 0.2) is 9.84 Å². The molecule has 0 radical (unpaired) electrons. The van der Waals surface area contributed by atoms with Crippen LogP contribution in [0.25, 0.3) is 0 Å². The highest BCUT2D eigenvalue weighted by atomic mass is 32.2. The van der Waals surface area contributed by atoms with E-state index >= 15 is 0 Å². The molecule has 0 spiro atoms. The summed E-state index contributed by atoms with van der Waals surface area (Å²) in [6.45, 7) is 5.00. The quantitative estimate of drug-likeness (QED) is 0.835. The van der Waals surface area contributed by atoms with Crippen LogP contribution in [0.2, 0.25) is 0 Å². The molecular weight excluding hydrogens is 324 g/mol. The number of hydrogen-bond acceptors (Lipinski definition) is 6. The maximum atomic E-state index is 11.5. The lowest BCUT2D eigenvalue weighted by Gasteiger charge is -2.34. The topological polar surface area (TPSA) is 75.2 Å². The van der Waals surface area contributed by atoms with Gasteiger partial charge in [0, 0.05) is 30.9 Å². The summed E-state index contributed by atoms with van der Waals surface area (Å²) in [6, 6.07) is 0.487. The van der Waals surface area contributed by atoms with Gasteiger partial charge in [-0.05, 0) is 38.1 Å². The number of aromatic nitrogens is 2. The highest BCUT2D eigenvalue weighted by Crippen LogP contribution is 2.23. The standard InChI is InChI=1S/C17H28N4O2S/c1-2-3-15-11-18-13-20-17(15)21-7-4-16(5-8-21)19-10-14-6-9-24(22,23)12-14/h11,13-14,16,19H,2-10,12H2,1H3/t14-/m1/s1. The van der Waals surface area contributed by atoms with Gasteiger partial charge in [0.1, 0.15) is 12.1 Å². The molecule has 0 unspecified atom stereocenters. The van der Waals surface area contributed by atoms with E-state index in [1.807, 2.05) is 6.20 Å². The molecule has 1 aromatic heterocycles. The number of anilines is 1. The maximum Gasteiger partial charge on any atom is 0.150 e. The summed E-state index contributed by atoms with van der Waals surface area (Å²) >= 11 is 0. The Bertz CT molecular complexity index is 642. The van der Waals surface area contributed by atoms with Crippen molar-refractivity contribution in [3.63, 3.8) is 0 Å². The van der Waals surface area contributed by atoms with Gasteiger partial charge in [0.2, 0.25) is 0 Å². The van der Waals surface area contributed by atoms with Gasteiger partial charge in [-0.25, -0.2) is 18.4 Å². The Morgan fingerprint density at radius 3 is 2.75 bits per heavy atom. The van der Waals surface area contributed by atoms with Crippen LogP contribution in [0.1, 0.15) is 38.2 Å². The number of hydrogen-bond donors (Lipinski definition) is 1. The molecule has 0 aromatic carbocycles. The fourth-order valence-electron chi connectivity index (χ4n) is 3.74. The molecule has 0 amide bonds. The fourth-order valence-corrected chi connectivity index (χ4v) is 5.61. The van der Waals surface area contributed by atoms with Gasteiger partial charge in [0.25, 0.3) is 0 Å². The average molecular weight is 353 g/mol. The minimum absolute atomic E-state index is 0.297. The Labute approximate surface area is 145 Å². The van der Waals surface area contributed by atoms with Crippen molar-refractivity contribution in [3.8, 4) is 0 Å². The first-order chi connectivity index (χ1) is 11.6. The van der Waals surface area contributed by atoms with Crippen molar-refractivity contribution in [2.75, 3.05) is 36.0 Å². The van der Waals surface area contributed by atoms with Crippen LogP contribution < -0.4 is 10.2 Å². The molecule has 2 aliphatic heterocycles. The first-order valence-corrected chi connectivity index (χ1v) is 10.9. The first kappa shape index (κ1) is 17.6. The van der Waals surface area contributed by atoms with Crippen molar-refractivity contribution < 1.29 is 8.42 Å². The van der Waals surface area contributed by atoms with E-state index in [4.69, 9.17) is 0 Å². The second-order valence-corrected chi connectivity index (χ2v) is 9.29. The molecule has 2 aliphatic rings. The molecule has 134 valence electrons. The van der Waals surface area contributed by atoms with Gasteiger partial charge in [-0.2, -0.15) is 0 Å². The summed E-state index contributed by atoms with van der Waals surface area (Å²) in [7, 11) is -2.77. The monoisotopic (exact) mass is 352 g/mol. The second kappa shape index (κ2) is 7.78. The third-order valence-corrected chi connectivity index (χ3v) is 6.94. The van der Waals surface area contributed by atoms with Gasteiger partial charge in [-0.1, -0.05) is 13.3 Å². The summed E-state index contributed by atoms with van der Waals surface area (Å²) in [5, 5.41) is 3.59. The second-order valence-electron chi connectivity index (χ2n) is 7.06. The van der Waals surface area contributed by atoms with Crippen LogP contribution in [0.5, 0.6) is 0 Å². The van der Waals surface area contributed by atoms with Gasteiger partial charge < -0.3 is 10.2 Å². The van der Waals surface area contributed by atoms with Crippen LogP contribution in [0.15, 0.2) is 12.5 Å². The van der Waals surface area contributed by atoms with Crippen LogP contribution in [-0.4, -0.2) is 55.6 Å². The largest absolute Gasteiger partial charge is 0.356 e. The van der Waals surface area contributed by atoms with E-state index in [1.54, 1.807) is 6.33 Å². The van der Waals surface area contributed by atoms with Crippen LogP contribution in [0, 0.1) is 5.92 Å². The molecule has 3 heterocycles. The molecule has 3 rings (SSSR count). The molecule has 6 nitrogen and oxygen atoms in total. The zero-order valence-corrected chi connectivity index (χ0v) is 15.3. The number of sulfone groups is 1. The molecule has 0 aliphatic carbocycles. The van der Waals surface area contributed by atoms with Crippen molar-refractivity contribution in [3.05, 3.63) is 18.1 Å². The zero-order valence-electron chi connectivity index (χ0n) is 14.4. The average Bonchev–Trinajstić information content (AvgIpc) is 2.93. The lowest BCUT2D eigenvalue weighted by Crippen LogP contribution is -2.44. The number of nitrogens with one attached hydrogen (secondary N) is 1. The summed E-state index contributed by atoms with van der Waals surface area (Å²) in [5.74, 6) is 2.12. The molecule has 2 saturated heterocycles. The highest BCUT2D eigenvalue weighted by molar-refractivity contribution is 7.91. The van der Waals surface area contributed by atoms with E-state index in [0.29, 0.717) is 23.5 Å². The SMILES string of the molecule is CCCc1cncnc1N1CCC(NC[C@H]2CCS(=O)(=O)C2)CC1. The Morgan fingerprint density at radius 1 is 1.29 bits per heavy atom. The van der Waals surface area contributed by atoms with Crippen LogP contribution in [0.4, 0.5) is 5.82 Å². The minimum atomic E-state index is -2.77. The van der Waals surface area contributed by atoms with E-state index < -0.39 is 9.84 Å². The summed E-state index contributed by atoms with van der Waals surface area (Å²) < 4.78 is 23.1. The predicted octanol–water partition coefficient (Wildman–Crippen LogP) is 1.42. The van der Waals surface area contributed by atoms with Crippen LogP contribution >= 0.6 is 0 Å². The number of nitrogens with zero attached hydrogens (tertiary/aromatic N) is 3. The molecular formula is C17H28N4O2S. The van der Waals surface area contributed by atoms with Crippen molar-refractivity contribution in [2.45, 2.75) is 45.1 Å². The molecule has 2 fully saturated rings. The Balaban J connectivity index is 1.48. The van der Waals surface area contributed by atoms with Crippen LogP contribution in [-0.2, 0) is 16.3 Å². The van der Waals surface area contributed by atoms with Crippen molar-refractivity contribution in [1.29, 1.82) is 0 Å². The molecule has 7 heteroatoms. The van der Waals surface area contributed by atoms with E-state index in [2.05, 4.69) is 27.1 Å². The highest BCUT2D eigenvalue weighted by Gasteiger charge is 2.29. The van der Waals surface area contributed by atoms with E-state index in [-0.39, 0.29) is 0 Å². The van der Waals surface area contributed by atoms with Gasteiger partial charge >= 0.3 is 0 Å². The zero-order chi connectivity index (χ0) is 17.0. The first-order valence-electron chi connectivity index (χ1n) is 9.05. The molecule has 24 heavy (non-hydrogen) atoms. The minimum Gasteiger partial charge on any atom is -0.356 e. The molecule has 0 bridgehead atoms. The van der Waals surface area contributed by atoms with E-state index in [1.165, 1.54) is 5.56 Å². The van der Waals surface area contributed by atoms with Gasteiger partial charge in [0.05, 0.1) is 11.5 Å². The van der Waals surface area contributed by atoms with Gasteiger partial charge in [-0.15, -0.1) is 0 Å². The fraction of sp³-hybridized carbons (Fsp3) is 0.765. The lowest BCUT2D eigenvalue weighted by molar-refractivity contribution is 0.385. The third-order valence-electron chi connectivity index (χ3n) is 5.10. The summed E-state index contributed by atoms with van der Waals surface area (Å²) in [6.07, 6.45) is 8.67. The number of aryl methyl sites for hydroxylation is 1. The van der Waals surface area contributed by atoms with Crippen LogP contribution in [0.3, 0.4) is 0 Å². The Hall–Kier alpha value is -1.21. The molecule has 1 atom stereocenters. The summed E-state index contributed by atoms with van der Waals surface area (Å²) in [5.41, 5.74) is 1.24. The normalized spacial score (nSPS) is 24.4. The lowest BCUT2D eigenvalue weighted by atomic mass is 10.0. The van der Waals surface area contributed by atoms with Crippen molar-refractivity contribution in [2.24, 2.45) is 5.92 Å². The van der Waals surface area contributed by atoms with E-state index in [9.17, 15) is 8.42 Å². The summed E-state index contributed by atoms with van der Waals surface area (Å²) in [4.78, 5) is 11.0. The maximum absolute atomic E-state index is 11.5. The molecule has 1 N–H and O–H groups in total. The predicted molar refractivity (Wildman–Crippen MR) is 96.0 cm³/mol.